The Bertz CT molecular complexity index is 101. The van der Waals surface area contributed by atoms with E-state index in [0.717, 1.165) is 0 Å². The van der Waals surface area contributed by atoms with Crippen LogP contribution in [-0.2, 0) is 9.53 Å². The minimum Gasteiger partial charge on any atom is -0.374 e. The van der Waals surface area contributed by atoms with Crippen LogP contribution in [0.2, 0.25) is 0 Å². The summed E-state index contributed by atoms with van der Waals surface area (Å²) in [6.07, 6.45) is -2.04. The fraction of sp³-hybridized carbons (Fsp3) is 0.833. The van der Waals surface area contributed by atoms with E-state index >= 15 is 0 Å². The maximum absolute atomic E-state index is 12.1. The van der Waals surface area contributed by atoms with E-state index in [-0.39, 0.29) is 0 Å². The summed E-state index contributed by atoms with van der Waals surface area (Å²) in [6.45, 7) is 2.73. The molecule has 0 spiro atoms. The first-order valence-electron chi connectivity index (χ1n) is 2.80. The van der Waals surface area contributed by atoms with Crippen molar-refractivity contribution in [3.05, 3.63) is 0 Å². The summed E-state index contributed by atoms with van der Waals surface area (Å²) in [6, 6.07) is 0. The molecule has 0 saturated heterocycles. The minimum absolute atomic E-state index is 0.502. The topological polar surface area (TPSA) is 26.3 Å². The molecule has 0 aromatic carbocycles. The molecule has 0 aromatic rings. The monoisotopic (exact) mass is 134 g/mol. The van der Waals surface area contributed by atoms with Crippen LogP contribution in [0.4, 0.5) is 4.39 Å². The zero-order valence-corrected chi connectivity index (χ0v) is 5.85. The molecule has 0 N–H and O–H groups in total. The number of ketones is 1. The van der Waals surface area contributed by atoms with Gasteiger partial charge in [0.1, 0.15) is 6.10 Å². The van der Waals surface area contributed by atoms with Gasteiger partial charge in [-0.1, -0.05) is 0 Å². The maximum atomic E-state index is 12.1. The summed E-state index contributed by atoms with van der Waals surface area (Å²) in [5.41, 5.74) is 0. The van der Waals surface area contributed by atoms with Gasteiger partial charge in [-0.05, 0) is 13.8 Å². The quantitative estimate of drug-likeness (QED) is 0.574. The molecule has 2 atom stereocenters. The van der Waals surface area contributed by atoms with Gasteiger partial charge in [-0.3, -0.25) is 4.79 Å². The van der Waals surface area contributed by atoms with Gasteiger partial charge in [0.2, 0.25) is 0 Å². The molecular weight excluding hydrogens is 123 g/mol. The van der Waals surface area contributed by atoms with E-state index in [9.17, 15) is 9.18 Å². The summed E-state index contributed by atoms with van der Waals surface area (Å²) in [5.74, 6) is -0.502. The minimum atomic E-state index is -1.42. The van der Waals surface area contributed by atoms with Gasteiger partial charge in [0, 0.05) is 7.11 Å². The first kappa shape index (κ1) is 8.56. The third kappa shape index (κ3) is 2.56. The predicted molar refractivity (Wildman–Crippen MR) is 32.0 cm³/mol. The second-order valence-corrected chi connectivity index (χ2v) is 1.90. The lowest BCUT2D eigenvalue weighted by Crippen LogP contribution is -2.26. The first-order chi connectivity index (χ1) is 4.09. The highest BCUT2D eigenvalue weighted by atomic mass is 19.1. The molecule has 3 heteroatoms. The summed E-state index contributed by atoms with van der Waals surface area (Å²) in [5, 5.41) is 0. The van der Waals surface area contributed by atoms with E-state index < -0.39 is 18.1 Å². The number of carbonyl (C=O) groups excluding carboxylic acids is 1. The molecule has 0 aromatic heterocycles. The summed E-state index contributed by atoms with van der Waals surface area (Å²) < 4.78 is 16.7. The van der Waals surface area contributed by atoms with Crippen LogP contribution in [0.5, 0.6) is 0 Å². The molecule has 0 fully saturated rings. The molecule has 2 unspecified atom stereocenters. The lowest BCUT2D eigenvalue weighted by atomic mass is 10.2. The summed E-state index contributed by atoms with van der Waals surface area (Å²) in [4.78, 5) is 10.6. The Kier molecular flexibility index (Phi) is 3.39. The zero-order chi connectivity index (χ0) is 7.44. The Balaban J connectivity index is 3.73. The van der Waals surface area contributed by atoms with Crippen molar-refractivity contribution >= 4 is 5.78 Å². The van der Waals surface area contributed by atoms with Crippen molar-refractivity contribution in [2.24, 2.45) is 0 Å². The first-order valence-corrected chi connectivity index (χ1v) is 2.80. The Labute approximate surface area is 54.0 Å². The number of alkyl halides is 1. The summed E-state index contributed by atoms with van der Waals surface area (Å²) >= 11 is 0. The Hall–Kier alpha value is -0.440. The lowest BCUT2D eigenvalue weighted by Gasteiger charge is -2.07. The van der Waals surface area contributed by atoms with E-state index in [4.69, 9.17) is 0 Å². The number of ether oxygens (including phenoxy) is 1. The lowest BCUT2D eigenvalue weighted by molar-refractivity contribution is -0.132. The van der Waals surface area contributed by atoms with Gasteiger partial charge in [-0.15, -0.1) is 0 Å². The molecule has 9 heavy (non-hydrogen) atoms. The normalized spacial score (nSPS) is 16.9. The second kappa shape index (κ2) is 3.56. The standard InChI is InChI=1S/C6H11FO2/c1-4(7)6(8)5(2)9-3/h4-5H,1-3H3. The molecule has 0 bridgehead atoms. The fourth-order valence-corrected chi connectivity index (χ4v) is 0.440. The molecule has 0 amide bonds. The van der Waals surface area contributed by atoms with Crippen molar-refractivity contribution < 1.29 is 13.9 Å². The zero-order valence-electron chi connectivity index (χ0n) is 5.85. The van der Waals surface area contributed by atoms with E-state index in [1.165, 1.54) is 21.0 Å². The van der Waals surface area contributed by atoms with Crippen LogP contribution < -0.4 is 0 Å². The molecule has 0 aliphatic carbocycles. The number of carbonyl (C=O) groups is 1. The van der Waals surface area contributed by atoms with Crippen molar-refractivity contribution in [3.8, 4) is 0 Å². The number of methoxy groups -OCH3 is 1. The van der Waals surface area contributed by atoms with Gasteiger partial charge in [-0.25, -0.2) is 4.39 Å². The predicted octanol–water partition coefficient (Wildman–Crippen LogP) is 0.948. The summed E-state index contributed by atoms with van der Waals surface area (Å²) in [7, 11) is 1.38. The van der Waals surface area contributed by atoms with Crippen LogP contribution >= 0.6 is 0 Å². The van der Waals surface area contributed by atoms with Crippen molar-refractivity contribution in [2.45, 2.75) is 26.1 Å². The average molecular weight is 134 g/mol. The third-order valence-electron chi connectivity index (χ3n) is 1.15. The van der Waals surface area contributed by atoms with Gasteiger partial charge in [-0.2, -0.15) is 0 Å². The van der Waals surface area contributed by atoms with Gasteiger partial charge in [0.25, 0.3) is 0 Å². The Morgan fingerprint density at radius 2 is 2.00 bits per heavy atom. The molecule has 0 heterocycles. The van der Waals surface area contributed by atoms with E-state index in [0.29, 0.717) is 0 Å². The fourth-order valence-electron chi connectivity index (χ4n) is 0.440. The van der Waals surface area contributed by atoms with Gasteiger partial charge in [0.05, 0.1) is 0 Å². The highest BCUT2D eigenvalue weighted by Crippen LogP contribution is 1.98. The van der Waals surface area contributed by atoms with Crippen molar-refractivity contribution in [2.75, 3.05) is 7.11 Å². The van der Waals surface area contributed by atoms with Gasteiger partial charge < -0.3 is 4.74 Å². The number of Topliss-reactive ketones (excluding diaryl/α,β-unsaturated/α-hetero) is 1. The van der Waals surface area contributed by atoms with Crippen LogP contribution in [0.25, 0.3) is 0 Å². The number of rotatable bonds is 3. The van der Waals surface area contributed by atoms with Crippen molar-refractivity contribution in [3.63, 3.8) is 0 Å². The molecule has 0 aliphatic rings. The molecule has 2 nitrogen and oxygen atoms in total. The van der Waals surface area contributed by atoms with Crippen LogP contribution in [-0.4, -0.2) is 25.2 Å². The van der Waals surface area contributed by atoms with Crippen LogP contribution in [0.3, 0.4) is 0 Å². The second-order valence-electron chi connectivity index (χ2n) is 1.90. The van der Waals surface area contributed by atoms with E-state index in [1.807, 2.05) is 0 Å². The molecule has 0 saturated carbocycles. The van der Waals surface area contributed by atoms with Crippen LogP contribution in [0.1, 0.15) is 13.8 Å². The molecule has 0 radical (unpaired) electrons. The average Bonchev–Trinajstić information content (AvgIpc) is 1.84. The highest BCUT2D eigenvalue weighted by molar-refractivity contribution is 5.86. The number of hydrogen-bond acceptors (Lipinski definition) is 2. The largest absolute Gasteiger partial charge is 0.374 e. The number of hydrogen-bond donors (Lipinski definition) is 0. The Morgan fingerprint density at radius 3 is 2.11 bits per heavy atom. The Morgan fingerprint density at radius 1 is 1.56 bits per heavy atom. The van der Waals surface area contributed by atoms with E-state index in [1.54, 1.807) is 0 Å². The maximum Gasteiger partial charge on any atom is 0.194 e. The molecule has 0 aliphatic heterocycles. The van der Waals surface area contributed by atoms with Crippen LogP contribution in [0.15, 0.2) is 0 Å². The third-order valence-corrected chi connectivity index (χ3v) is 1.15. The molecule has 54 valence electrons. The highest BCUT2D eigenvalue weighted by Gasteiger charge is 2.17. The van der Waals surface area contributed by atoms with Crippen molar-refractivity contribution in [1.29, 1.82) is 0 Å². The van der Waals surface area contributed by atoms with Gasteiger partial charge >= 0.3 is 0 Å². The number of halogens is 1. The van der Waals surface area contributed by atoms with Gasteiger partial charge in [0.15, 0.2) is 12.0 Å². The smallest absolute Gasteiger partial charge is 0.194 e. The van der Waals surface area contributed by atoms with Crippen molar-refractivity contribution in [1.82, 2.24) is 0 Å². The molecular formula is C6H11FO2. The van der Waals surface area contributed by atoms with Crippen LogP contribution in [0, 0.1) is 0 Å². The molecule has 0 rings (SSSR count). The van der Waals surface area contributed by atoms with E-state index in [2.05, 4.69) is 4.74 Å². The SMILES string of the molecule is COC(C)C(=O)C(C)F.